The number of amides is 2. The predicted octanol–water partition coefficient (Wildman–Crippen LogP) is 3.38. The van der Waals surface area contributed by atoms with E-state index < -0.39 is 5.25 Å². The van der Waals surface area contributed by atoms with Gasteiger partial charge in [-0.25, -0.2) is 9.98 Å². The number of fused-ring (bicyclic) bond motifs is 1. The minimum absolute atomic E-state index is 0.0328. The summed E-state index contributed by atoms with van der Waals surface area (Å²) in [6.45, 7) is 1.49. The molecule has 2 heterocycles. The van der Waals surface area contributed by atoms with E-state index in [4.69, 9.17) is 0 Å². The molecule has 29 heavy (non-hydrogen) atoms. The summed E-state index contributed by atoms with van der Waals surface area (Å²) in [7, 11) is 0. The van der Waals surface area contributed by atoms with Crippen molar-refractivity contribution in [2.24, 2.45) is 4.99 Å². The zero-order chi connectivity index (χ0) is 20.4. The van der Waals surface area contributed by atoms with E-state index >= 15 is 0 Å². The molecule has 8 heteroatoms. The molecule has 0 saturated heterocycles. The summed E-state index contributed by atoms with van der Waals surface area (Å²) in [5.41, 5.74) is 2.96. The number of ketones is 1. The molecule has 0 aliphatic carbocycles. The van der Waals surface area contributed by atoms with Gasteiger partial charge in [0.2, 0.25) is 5.91 Å². The van der Waals surface area contributed by atoms with E-state index in [0.717, 1.165) is 16.9 Å². The molecular formula is C21H18N4O3S. The summed E-state index contributed by atoms with van der Waals surface area (Å²) >= 11 is 1.30. The van der Waals surface area contributed by atoms with Crippen LogP contribution in [0.4, 0.5) is 5.69 Å². The van der Waals surface area contributed by atoms with Crippen LogP contribution >= 0.6 is 11.8 Å². The van der Waals surface area contributed by atoms with E-state index in [1.807, 2.05) is 24.3 Å². The van der Waals surface area contributed by atoms with Gasteiger partial charge >= 0.3 is 0 Å². The third-order valence-corrected chi connectivity index (χ3v) is 5.65. The van der Waals surface area contributed by atoms with Crippen molar-refractivity contribution in [1.29, 1.82) is 0 Å². The number of para-hydroxylation sites is 2. The topological polar surface area (TPSA) is 104 Å². The van der Waals surface area contributed by atoms with E-state index in [9.17, 15) is 14.4 Å². The maximum Gasteiger partial charge on any atom is 0.260 e. The Morgan fingerprint density at radius 2 is 1.90 bits per heavy atom. The van der Waals surface area contributed by atoms with Gasteiger partial charge in [-0.1, -0.05) is 23.9 Å². The van der Waals surface area contributed by atoms with Gasteiger partial charge in [0, 0.05) is 17.7 Å². The number of carbonyl (C=O) groups is 3. The van der Waals surface area contributed by atoms with Crippen molar-refractivity contribution >= 4 is 51.1 Å². The summed E-state index contributed by atoms with van der Waals surface area (Å²) in [6, 6.07) is 14.4. The number of benzene rings is 2. The highest BCUT2D eigenvalue weighted by atomic mass is 32.2. The van der Waals surface area contributed by atoms with Gasteiger partial charge in [0.1, 0.15) is 11.1 Å². The van der Waals surface area contributed by atoms with Crippen LogP contribution in [0.15, 0.2) is 53.5 Å². The van der Waals surface area contributed by atoms with Crippen LogP contribution in [-0.4, -0.2) is 37.9 Å². The number of Topliss-reactive ketones (excluding diaryl/α,β-unsaturated/α-hetero) is 1. The van der Waals surface area contributed by atoms with Crippen molar-refractivity contribution in [1.82, 2.24) is 9.97 Å². The SMILES string of the molecule is CC(=O)c1ccc(NC(=O)CC2SC(Cc3nc4ccccc4[nH]3)=NC2=O)cc1. The van der Waals surface area contributed by atoms with E-state index in [1.54, 1.807) is 24.3 Å². The number of hydrogen-bond acceptors (Lipinski definition) is 5. The van der Waals surface area contributed by atoms with Crippen LogP contribution in [0.3, 0.4) is 0 Å². The quantitative estimate of drug-likeness (QED) is 0.611. The molecule has 3 aromatic rings. The van der Waals surface area contributed by atoms with Crippen molar-refractivity contribution < 1.29 is 14.4 Å². The second-order valence-electron chi connectivity index (χ2n) is 6.71. The summed E-state index contributed by atoms with van der Waals surface area (Å²) in [4.78, 5) is 47.6. The number of imidazole rings is 1. The largest absolute Gasteiger partial charge is 0.342 e. The summed E-state index contributed by atoms with van der Waals surface area (Å²) < 4.78 is 0. The van der Waals surface area contributed by atoms with E-state index in [1.165, 1.54) is 18.7 Å². The smallest absolute Gasteiger partial charge is 0.260 e. The number of anilines is 1. The summed E-state index contributed by atoms with van der Waals surface area (Å²) in [5, 5.41) is 2.87. The third kappa shape index (κ3) is 4.43. The molecular weight excluding hydrogens is 388 g/mol. The number of aromatic amines is 1. The van der Waals surface area contributed by atoms with Crippen molar-refractivity contribution in [3.63, 3.8) is 0 Å². The first kappa shape index (κ1) is 19.1. The Bertz CT molecular complexity index is 1100. The number of nitrogens with one attached hydrogen (secondary N) is 2. The van der Waals surface area contributed by atoms with Crippen LogP contribution in [0.1, 0.15) is 29.5 Å². The maximum absolute atomic E-state index is 12.3. The molecule has 2 N–H and O–H groups in total. The molecule has 0 spiro atoms. The highest BCUT2D eigenvalue weighted by molar-refractivity contribution is 8.15. The Morgan fingerprint density at radius 3 is 2.62 bits per heavy atom. The zero-order valence-corrected chi connectivity index (χ0v) is 16.5. The normalized spacial score (nSPS) is 16.1. The van der Waals surface area contributed by atoms with Crippen LogP contribution in [0.5, 0.6) is 0 Å². The molecule has 146 valence electrons. The Morgan fingerprint density at radius 1 is 1.14 bits per heavy atom. The number of carbonyl (C=O) groups excluding carboxylic acids is 3. The first-order chi connectivity index (χ1) is 14.0. The molecule has 1 unspecified atom stereocenters. The molecule has 4 rings (SSSR count). The monoisotopic (exact) mass is 406 g/mol. The fourth-order valence-electron chi connectivity index (χ4n) is 3.05. The molecule has 2 aromatic carbocycles. The molecule has 1 aromatic heterocycles. The number of thioether (sulfide) groups is 1. The number of aromatic nitrogens is 2. The van der Waals surface area contributed by atoms with Gasteiger partial charge in [0.25, 0.3) is 5.91 Å². The zero-order valence-electron chi connectivity index (χ0n) is 15.6. The summed E-state index contributed by atoms with van der Waals surface area (Å²) in [5.74, 6) is 0.126. The lowest BCUT2D eigenvalue weighted by molar-refractivity contribution is -0.121. The number of nitrogens with zero attached hydrogens (tertiary/aromatic N) is 2. The van der Waals surface area contributed by atoms with Gasteiger partial charge in [-0.15, -0.1) is 0 Å². The fraction of sp³-hybridized carbons (Fsp3) is 0.190. The molecule has 0 radical (unpaired) electrons. The van der Waals surface area contributed by atoms with E-state index in [2.05, 4.69) is 20.3 Å². The minimum atomic E-state index is -0.536. The summed E-state index contributed by atoms with van der Waals surface area (Å²) in [6.07, 6.45) is 0.459. The lowest BCUT2D eigenvalue weighted by Crippen LogP contribution is -2.21. The molecule has 2 amide bonds. The molecule has 1 aliphatic rings. The number of hydrogen-bond donors (Lipinski definition) is 2. The molecule has 0 bridgehead atoms. The first-order valence-corrected chi connectivity index (χ1v) is 9.98. The standard InChI is InChI=1S/C21H18N4O3S/c1-12(26)13-6-8-14(9-7-13)22-19(27)10-17-21(28)25-20(29-17)11-18-23-15-4-2-3-5-16(15)24-18/h2-9,17H,10-11H2,1H3,(H,22,27)(H,23,24). The van der Waals surface area contributed by atoms with Gasteiger partial charge in [0.15, 0.2) is 5.78 Å². The molecule has 7 nitrogen and oxygen atoms in total. The molecule has 0 fully saturated rings. The Labute approximate surface area is 171 Å². The predicted molar refractivity (Wildman–Crippen MR) is 113 cm³/mol. The molecule has 1 atom stereocenters. The van der Waals surface area contributed by atoms with Crippen molar-refractivity contribution in [3.8, 4) is 0 Å². The number of H-pyrrole nitrogens is 1. The first-order valence-electron chi connectivity index (χ1n) is 9.10. The van der Waals surface area contributed by atoms with Crippen LogP contribution in [0, 0.1) is 0 Å². The highest BCUT2D eigenvalue weighted by Crippen LogP contribution is 2.27. The Hall–Kier alpha value is -3.26. The number of aliphatic imine (C=N–C) groups is 1. The third-order valence-electron chi connectivity index (χ3n) is 4.49. The van der Waals surface area contributed by atoms with Crippen LogP contribution in [-0.2, 0) is 16.0 Å². The van der Waals surface area contributed by atoms with Crippen LogP contribution in [0.2, 0.25) is 0 Å². The van der Waals surface area contributed by atoms with Gasteiger partial charge in [0.05, 0.1) is 22.5 Å². The minimum Gasteiger partial charge on any atom is -0.342 e. The lowest BCUT2D eigenvalue weighted by Gasteiger charge is -2.08. The molecule has 1 aliphatic heterocycles. The molecule has 0 saturated carbocycles. The highest BCUT2D eigenvalue weighted by Gasteiger charge is 2.30. The maximum atomic E-state index is 12.3. The van der Waals surface area contributed by atoms with Crippen LogP contribution < -0.4 is 5.32 Å². The Kier molecular flexibility index (Phi) is 5.26. The van der Waals surface area contributed by atoms with Gasteiger partial charge in [-0.05, 0) is 43.3 Å². The second kappa shape index (κ2) is 8.00. The number of rotatable bonds is 6. The second-order valence-corrected chi connectivity index (χ2v) is 7.99. The lowest BCUT2D eigenvalue weighted by atomic mass is 10.1. The van der Waals surface area contributed by atoms with Crippen molar-refractivity contribution in [2.75, 3.05) is 5.32 Å². The van der Waals surface area contributed by atoms with Crippen molar-refractivity contribution in [2.45, 2.75) is 25.0 Å². The van der Waals surface area contributed by atoms with E-state index in [0.29, 0.717) is 22.7 Å². The van der Waals surface area contributed by atoms with Gasteiger partial charge in [-0.3, -0.25) is 14.4 Å². The Balaban J connectivity index is 1.34. The van der Waals surface area contributed by atoms with Crippen molar-refractivity contribution in [3.05, 3.63) is 59.9 Å². The van der Waals surface area contributed by atoms with Gasteiger partial charge < -0.3 is 10.3 Å². The fourth-order valence-corrected chi connectivity index (χ4v) is 4.13. The van der Waals surface area contributed by atoms with E-state index in [-0.39, 0.29) is 24.0 Å². The average molecular weight is 406 g/mol. The average Bonchev–Trinajstić information content (AvgIpc) is 3.24. The van der Waals surface area contributed by atoms with Crippen LogP contribution in [0.25, 0.3) is 11.0 Å². The van der Waals surface area contributed by atoms with Gasteiger partial charge in [-0.2, -0.15) is 0 Å².